The number of carbonyl (C=O) groups is 2. The largest absolute Gasteiger partial charge is 0.507 e. The van der Waals surface area contributed by atoms with E-state index in [1.165, 1.54) is 37.4 Å². The van der Waals surface area contributed by atoms with Crippen LogP contribution in [0.1, 0.15) is 34.3 Å². The third-order valence-corrected chi connectivity index (χ3v) is 5.91. The Morgan fingerprint density at radius 1 is 1.14 bits per heavy atom. The second-order valence-corrected chi connectivity index (χ2v) is 8.33. The Labute approximate surface area is 203 Å². The summed E-state index contributed by atoms with van der Waals surface area (Å²) in [6.45, 7) is 1.34. The summed E-state index contributed by atoms with van der Waals surface area (Å²) in [7, 11) is 1.38. The molecule has 0 saturated carbocycles. The highest BCUT2D eigenvalue weighted by Crippen LogP contribution is 2.42. The van der Waals surface area contributed by atoms with E-state index in [2.05, 4.69) is 0 Å². The summed E-state index contributed by atoms with van der Waals surface area (Å²) in [5.41, 5.74) is -0.828. The predicted octanol–water partition coefficient (Wildman–Crippen LogP) is 5.89. The number of ether oxygens (including phenoxy) is 1. The molecule has 182 valence electrons. The van der Waals surface area contributed by atoms with Gasteiger partial charge in [-0.2, -0.15) is 13.2 Å². The molecule has 0 radical (unpaired) electrons. The molecule has 2 heterocycles. The molecule has 4 rings (SSSR count). The summed E-state index contributed by atoms with van der Waals surface area (Å²) in [4.78, 5) is 27.2. The van der Waals surface area contributed by atoms with Crippen LogP contribution in [-0.2, 0) is 22.3 Å². The molecule has 0 bridgehead atoms. The molecule has 1 aliphatic heterocycles. The zero-order valence-corrected chi connectivity index (χ0v) is 19.3. The number of hydrogen-bond donors (Lipinski definition) is 1. The molecule has 0 spiro atoms. The van der Waals surface area contributed by atoms with Gasteiger partial charge in [-0.25, -0.2) is 0 Å². The fourth-order valence-corrected chi connectivity index (χ4v) is 4.14. The molecule has 1 aliphatic rings. The Balaban J connectivity index is 1.83. The van der Waals surface area contributed by atoms with Gasteiger partial charge in [-0.1, -0.05) is 23.7 Å². The van der Waals surface area contributed by atoms with Crippen LogP contribution in [0, 0.1) is 6.92 Å². The first-order valence-electron chi connectivity index (χ1n) is 10.4. The number of hydrogen-bond acceptors (Lipinski definition) is 5. The lowest BCUT2D eigenvalue weighted by Crippen LogP contribution is -2.29. The van der Waals surface area contributed by atoms with Crippen LogP contribution in [0.15, 0.2) is 64.6 Å². The number of benzene rings is 2. The van der Waals surface area contributed by atoms with Gasteiger partial charge >= 0.3 is 6.18 Å². The quantitative estimate of drug-likeness (QED) is 0.266. The molecule has 1 aromatic heterocycles. The lowest BCUT2D eigenvalue weighted by molar-refractivity contribution is -0.140. The summed E-state index contributed by atoms with van der Waals surface area (Å²) < 4.78 is 50.4. The van der Waals surface area contributed by atoms with Gasteiger partial charge in [0.25, 0.3) is 11.7 Å². The molecule has 6 nitrogen and oxygen atoms in total. The molecule has 1 atom stereocenters. The number of likely N-dealkylation sites (tertiary alicyclic amines) is 1. The maximum absolute atomic E-state index is 13.2. The lowest BCUT2D eigenvalue weighted by atomic mass is 9.99. The first kappa shape index (κ1) is 24.4. The molecular formula is C25H19ClF3NO5. The van der Waals surface area contributed by atoms with Crippen LogP contribution in [-0.4, -0.2) is 28.8 Å². The molecule has 1 unspecified atom stereocenters. The van der Waals surface area contributed by atoms with Gasteiger partial charge in [0.1, 0.15) is 29.1 Å². The van der Waals surface area contributed by atoms with Gasteiger partial charge in [0.15, 0.2) is 0 Å². The molecule has 3 aromatic rings. The third-order valence-electron chi connectivity index (χ3n) is 5.60. The van der Waals surface area contributed by atoms with E-state index in [1.54, 1.807) is 19.1 Å². The van der Waals surface area contributed by atoms with Gasteiger partial charge in [0, 0.05) is 12.1 Å². The Morgan fingerprint density at radius 3 is 2.51 bits per heavy atom. The van der Waals surface area contributed by atoms with Gasteiger partial charge in [0.2, 0.25) is 0 Å². The minimum absolute atomic E-state index is 0.156. The molecule has 35 heavy (non-hydrogen) atoms. The first-order valence-corrected chi connectivity index (χ1v) is 10.7. The number of rotatable bonds is 5. The van der Waals surface area contributed by atoms with Crippen LogP contribution in [0.3, 0.4) is 0 Å². The van der Waals surface area contributed by atoms with Gasteiger partial charge in [0.05, 0.1) is 23.3 Å². The molecule has 1 amide bonds. The van der Waals surface area contributed by atoms with Crippen molar-refractivity contribution < 1.29 is 37.0 Å². The molecule has 0 aliphatic carbocycles. The summed E-state index contributed by atoms with van der Waals surface area (Å²) in [6.07, 6.45) is -4.57. The van der Waals surface area contributed by atoms with Crippen molar-refractivity contribution in [1.82, 2.24) is 4.90 Å². The molecule has 10 heteroatoms. The molecule has 1 N–H and O–H groups in total. The number of amides is 1. The highest BCUT2D eigenvalue weighted by molar-refractivity contribution is 6.46. The lowest BCUT2D eigenvalue weighted by Gasteiger charge is -2.24. The van der Waals surface area contributed by atoms with E-state index in [4.69, 9.17) is 20.8 Å². The number of carbonyl (C=O) groups excluding carboxylic acids is 2. The number of aliphatic hydroxyl groups excluding tert-OH is 1. The van der Waals surface area contributed by atoms with Crippen LogP contribution < -0.4 is 4.74 Å². The molecule has 1 fully saturated rings. The second-order valence-electron chi connectivity index (χ2n) is 7.92. The van der Waals surface area contributed by atoms with E-state index in [-0.39, 0.29) is 39.8 Å². The van der Waals surface area contributed by atoms with Crippen molar-refractivity contribution in [2.45, 2.75) is 25.7 Å². The number of aryl methyl sites for hydroxylation is 1. The number of halogens is 4. The maximum atomic E-state index is 13.2. The van der Waals surface area contributed by atoms with E-state index >= 15 is 0 Å². The van der Waals surface area contributed by atoms with Gasteiger partial charge < -0.3 is 19.2 Å². The van der Waals surface area contributed by atoms with Crippen molar-refractivity contribution in [3.05, 3.63) is 93.4 Å². The Hall–Kier alpha value is -3.72. The summed E-state index contributed by atoms with van der Waals surface area (Å²) in [5, 5.41) is 11.4. The topological polar surface area (TPSA) is 80.0 Å². The van der Waals surface area contributed by atoms with Crippen molar-refractivity contribution in [3.8, 4) is 5.75 Å². The molecule has 1 saturated heterocycles. The van der Waals surface area contributed by atoms with Crippen molar-refractivity contribution in [2.75, 3.05) is 7.11 Å². The van der Waals surface area contributed by atoms with E-state index in [9.17, 15) is 27.9 Å². The highest BCUT2D eigenvalue weighted by Gasteiger charge is 2.47. The number of ketones is 1. The molecule has 2 aromatic carbocycles. The Kier molecular flexibility index (Phi) is 6.38. The zero-order valence-electron chi connectivity index (χ0n) is 18.5. The van der Waals surface area contributed by atoms with Crippen molar-refractivity contribution >= 4 is 29.1 Å². The summed E-state index contributed by atoms with van der Waals surface area (Å²) in [5.74, 6) is -1.58. The van der Waals surface area contributed by atoms with Crippen LogP contribution >= 0.6 is 11.6 Å². The van der Waals surface area contributed by atoms with Crippen LogP contribution in [0.2, 0.25) is 5.02 Å². The number of methoxy groups -OCH3 is 1. The number of furan rings is 1. The van der Waals surface area contributed by atoms with Crippen LogP contribution in [0.5, 0.6) is 5.75 Å². The molecular weight excluding hydrogens is 487 g/mol. The number of aliphatic hydroxyl groups is 1. The van der Waals surface area contributed by atoms with Crippen molar-refractivity contribution in [1.29, 1.82) is 0 Å². The van der Waals surface area contributed by atoms with E-state index in [1.807, 2.05) is 0 Å². The Bertz CT molecular complexity index is 1340. The smallest absolute Gasteiger partial charge is 0.416 e. The number of alkyl halides is 3. The fourth-order valence-electron chi connectivity index (χ4n) is 3.94. The predicted molar refractivity (Wildman–Crippen MR) is 121 cm³/mol. The second kappa shape index (κ2) is 9.14. The third kappa shape index (κ3) is 4.64. The van der Waals surface area contributed by atoms with Crippen molar-refractivity contribution in [2.24, 2.45) is 0 Å². The van der Waals surface area contributed by atoms with Gasteiger partial charge in [-0.3, -0.25) is 9.59 Å². The zero-order chi connectivity index (χ0) is 25.5. The van der Waals surface area contributed by atoms with E-state index < -0.39 is 35.2 Å². The standard InChI is InChI=1S/C25H19ClF3NO5/c1-13-6-9-18(35-13)21-20(22(31)15-7-8-17(26)19(11-15)34-2)23(32)24(33)30(21)12-14-4-3-5-16(10-14)25(27,28)29/h3-11,21,31H,12H2,1-2H3/b22-20-. The van der Waals surface area contributed by atoms with Gasteiger partial charge in [-0.05, 0) is 55.0 Å². The van der Waals surface area contributed by atoms with Crippen molar-refractivity contribution in [3.63, 3.8) is 0 Å². The average molecular weight is 506 g/mol. The SMILES string of the molecule is COc1cc(/C(O)=C2/C(=O)C(=O)N(Cc3cccc(C(F)(F)F)c3)C2c2ccc(C)o2)ccc1Cl. The first-order chi connectivity index (χ1) is 16.5. The fraction of sp³-hybridized carbons (Fsp3) is 0.200. The van der Waals surface area contributed by atoms with E-state index in [0.717, 1.165) is 17.0 Å². The van der Waals surface area contributed by atoms with Gasteiger partial charge in [-0.15, -0.1) is 0 Å². The highest BCUT2D eigenvalue weighted by atomic mass is 35.5. The summed E-state index contributed by atoms with van der Waals surface area (Å²) in [6, 6.07) is 10.8. The maximum Gasteiger partial charge on any atom is 0.416 e. The normalized spacial score (nSPS) is 17.8. The number of nitrogens with zero attached hydrogens (tertiary/aromatic N) is 1. The van der Waals surface area contributed by atoms with Crippen LogP contribution in [0.25, 0.3) is 5.76 Å². The Morgan fingerprint density at radius 2 is 1.89 bits per heavy atom. The average Bonchev–Trinajstić information content (AvgIpc) is 3.35. The van der Waals surface area contributed by atoms with E-state index in [0.29, 0.717) is 5.76 Å². The van der Waals surface area contributed by atoms with Crippen LogP contribution in [0.4, 0.5) is 13.2 Å². The monoisotopic (exact) mass is 505 g/mol. The minimum atomic E-state index is -4.57. The summed E-state index contributed by atoms with van der Waals surface area (Å²) >= 11 is 6.05. The minimum Gasteiger partial charge on any atom is -0.507 e. The number of Topliss-reactive ketones (excluding diaryl/α,β-unsaturated/α-hetero) is 1.